The summed E-state index contributed by atoms with van der Waals surface area (Å²) in [6.45, 7) is 2.22. The van der Waals surface area contributed by atoms with E-state index in [0.29, 0.717) is 18.2 Å². The number of benzene rings is 1. The van der Waals surface area contributed by atoms with E-state index in [1.54, 1.807) is 12.3 Å². The molecule has 0 bridgehead atoms. The van der Waals surface area contributed by atoms with Crippen LogP contribution in [0.4, 0.5) is 5.82 Å². The van der Waals surface area contributed by atoms with E-state index in [9.17, 15) is 4.79 Å². The average Bonchev–Trinajstić information content (AvgIpc) is 2.62. The molecular formula is C18H21N3O2. The third kappa shape index (κ3) is 4.29. The Labute approximate surface area is 136 Å². The first-order valence-electron chi connectivity index (χ1n) is 7.96. The molecule has 5 nitrogen and oxygen atoms in total. The molecule has 0 unspecified atom stereocenters. The van der Waals surface area contributed by atoms with Crippen molar-refractivity contribution in [2.24, 2.45) is 5.92 Å². The number of carbonyl (C=O) groups excluding carboxylic acids is 1. The average molecular weight is 311 g/mol. The van der Waals surface area contributed by atoms with Gasteiger partial charge in [-0.15, -0.1) is 0 Å². The van der Waals surface area contributed by atoms with Crippen LogP contribution >= 0.6 is 0 Å². The topological polar surface area (TPSA) is 63.2 Å². The number of nitrogens with one attached hydrogen (secondary N) is 2. The fourth-order valence-corrected chi connectivity index (χ4v) is 2.64. The number of aromatic nitrogens is 1. The molecule has 5 heteroatoms. The van der Waals surface area contributed by atoms with Gasteiger partial charge in [0.1, 0.15) is 6.61 Å². The van der Waals surface area contributed by atoms with E-state index in [-0.39, 0.29) is 11.8 Å². The molecule has 1 amide bonds. The van der Waals surface area contributed by atoms with Gasteiger partial charge in [-0.1, -0.05) is 30.3 Å². The third-order valence-corrected chi connectivity index (χ3v) is 3.96. The summed E-state index contributed by atoms with van der Waals surface area (Å²) >= 11 is 0. The quantitative estimate of drug-likeness (QED) is 0.891. The van der Waals surface area contributed by atoms with Gasteiger partial charge in [0, 0.05) is 12.1 Å². The van der Waals surface area contributed by atoms with Crippen molar-refractivity contribution in [3.63, 3.8) is 0 Å². The smallest absolute Gasteiger partial charge is 0.228 e. The number of hydrogen-bond acceptors (Lipinski definition) is 4. The lowest BCUT2D eigenvalue weighted by Gasteiger charge is -2.22. The number of ether oxygens (including phenoxy) is 1. The highest BCUT2D eigenvalue weighted by Crippen LogP contribution is 2.24. The maximum atomic E-state index is 12.4. The molecule has 0 atom stereocenters. The Bertz CT molecular complexity index is 640. The number of nitrogens with zero attached hydrogens (tertiary/aromatic N) is 1. The van der Waals surface area contributed by atoms with Crippen molar-refractivity contribution >= 4 is 11.7 Å². The molecule has 1 fully saturated rings. The maximum absolute atomic E-state index is 12.4. The van der Waals surface area contributed by atoms with Gasteiger partial charge in [0.05, 0.1) is 0 Å². The molecule has 1 aliphatic rings. The number of carbonyl (C=O) groups is 1. The summed E-state index contributed by atoms with van der Waals surface area (Å²) in [6.07, 6.45) is 3.38. The Morgan fingerprint density at radius 2 is 1.96 bits per heavy atom. The molecule has 2 aromatic rings. The van der Waals surface area contributed by atoms with Crippen molar-refractivity contribution in [1.82, 2.24) is 10.3 Å². The molecule has 0 aliphatic carbocycles. The normalized spacial score (nSPS) is 15.1. The lowest BCUT2D eigenvalue weighted by atomic mass is 9.97. The van der Waals surface area contributed by atoms with E-state index >= 15 is 0 Å². The summed E-state index contributed by atoms with van der Waals surface area (Å²) in [6, 6.07) is 13.6. The second kappa shape index (κ2) is 7.74. The molecule has 120 valence electrons. The Morgan fingerprint density at radius 1 is 1.17 bits per heavy atom. The van der Waals surface area contributed by atoms with Crippen molar-refractivity contribution in [1.29, 1.82) is 0 Å². The monoisotopic (exact) mass is 311 g/mol. The van der Waals surface area contributed by atoms with E-state index in [0.717, 1.165) is 31.5 Å². The molecule has 1 saturated heterocycles. The van der Waals surface area contributed by atoms with E-state index in [1.807, 2.05) is 36.4 Å². The van der Waals surface area contributed by atoms with Gasteiger partial charge in [0.25, 0.3) is 0 Å². The van der Waals surface area contributed by atoms with Crippen molar-refractivity contribution in [3.8, 4) is 5.75 Å². The van der Waals surface area contributed by atoms with Crippen LogP contribution in [0.2, 0.25) is 0 Å². The lowest BCUT2D eigenvalue weighted by molar-refractivity contribution is -0.120. The van der Waals surface area contributed by atoms with Crippen LogP contribution in [0.5, 0.6) is 5.75 Å². The first kappa shape index (κ1) is 15.5. The molecule has 0 saturated carbocycles. The Balaban J connectivity index is 1.64. The molecule has 2 N–H and O–H groups in total. The molecular weight excluding hydrogens is 290 g/mol. The SMILES string of the molecule is O=C(Nc1ncccc1OCc1ccccc1)C1CCNCC1. The van der Waals surface area contributed by atoms with E-state index in [1.165, 1.54) is 0 Å². The highest BCUT2D eigenvalue weighted by molar-refractivity contribution is 5.92. The molecule has 1 aromatic carbocycles. The third-order valence-electron chi connectivity index (χ3n) is 3.96. The zero-order valence-corrected chi connectivity index (χ0v) is 13.0. The summed E-state index contributed by atoms with van der Waals surface area (Å²) in [4.78, 5) is 16.6. The number of piperidine rings is 1. The van der Waals surface area contributed by atoms with Gasteiger partial charge in [-0.3, -0.25) is 4.79 Å². The Hall–Kier alpha value is -2.40. The minimum Gasteiger partial charge on any atom is -0.485 e. The van der Waals surface area contributed by atoms with Gasteiger partial charge < -0.3 is 15.4 Å². The number of anilines is 1. The fourth-order valence-electron chi connectivity index (χ4n) is 2.64. The predicted molar refractivity (Wildman–Crippen MR) is 89.2 cm³/mol. The number of rotatable bonds is 5. The summed E-state index contributed by atoms with van der Waals surface area (Å²) in [7, 11) is 0. The van der Waals surface area contributed by atoms with Gasteiger partial charge in [0.15, 0.2) is 11.6 Å². The highest BCUT2D eigenvalue weighted by Gasteiger charge is 2.22. The lowest BCUT2D eigenvalue weighted by Crippen LogP contribution is -2.34. The summed E-state index contributed by atoms with van der Waals surface area (Å²) < 4.78 is 5.82. The van der Waals surface area contributed by atoms with E-state index < -0.39 is 0 Å². The van der Waals surface area contributed by atoms with Gasteiger partial charge >= 0.3 is 0 Å². The van der Waals surface area contributed by atoms with E-state index in [2.05, 4.69) is 15.6 Å². The molecule has 23 heavy (non-hydrogen) atoms. The van der Waals surface area contributed by atoms with Crippen LogP contribution in [0.1, 0.15) is 18.4 Å². The second-order valence-corrected chi connectivity index (χ2v) is 5.64. The highest BCUT2D eigenvalue weighted by atomic mass is 16.5. The largest absolute Gasteiger partial charge is 0.485 e. The van der Waals surface area contributed by atoms with Crippen molar-refractivity contribution in [2.45, 2.75) is 19.4 Å². The summed E-state index contributed by atoms with van der Waals surface area (Å²) in [5.74, 6) is 1.15. The van der Waals surface area contributed by atoms with Crippen LogP contribution in [0, 0.1) is 5.92 Å². The zero-order chi connectivity index (χ0) is 15.9. The number of hydrogen-bond donors (Lipinski definition) is 2. The molecule has 2 heterocycles. The second-order valence-electron chi connectivity index (χ2n) is 5.64. The van der Waals surface area contributed by atoms with Crippen LogP contribution in [0.3, 0.4) is 0 Å². The van der Waals surface area contributed by atoms with Crippen molar-refractivity contribution in [3.05, 3.63) is 54.2 Å². The van der Waals surface area contributed by atoms with Crippen LogP contribution in [-0.4, -0.2) is 24.0 Å². The Kier molecular flexibility index (Phi) is 5.21. The fraction of sp³-hybridized carbons (Fsp3) is 0.333. The van der Waals surface area contributed by atoms with Gasteiger partial charge in [0.2, 0.25) is 5.91 Å². The van der Waals surface area contributed by atoms with Crippen LogP contribution in [-0.2, 0) is 11.4 Å². The predicted octanol–water partition coefficient (Wildman–Crippen LogP) is 2.60. The minimum absolute atomic E-state index is 0.0229. The first-order chi connectivity index (χ1) is 11.3. The summed E-state index contributed by atoms with van der Waals surface area (Å²) in [5, 5.41) is 6.18. The van der Waals surface area contributed by atoms with Crippen LogP contribution in [0.15, 0.2) is 48.7 Å². The van der Waals surface area contributed by atoms with Crippen LogP contribution in [0.25, 0.3) is 0 Å². The van der Waals surface area contributed by atoms with Crippen LogP contribution < -0.4 is 15.4 Å². The zero-order valence-electron chi connectivity index (χ0n) is 13.0. The maximum Gasteiger partial charge on any atom is 0.228 e. The minimum atomic E-state index is 0.0229. The van der Waals surface area contributed by atoms with E-state index in [4.69, 9.17) is 4.74 Å². The number of pyridine rings is 1. The van der Waals surface area contributed by atoms with Crippen molar-refractivity contribution < 1.29 is 9.53 Å². The van der Waals surface area contributed by atoms with Gasteiger partial charge in [-0.25, -0.2) is 4.98 Å². The van der Waals surface area contributed by atoms with Gasteiger partial charge in [-0.2, -0.15) is 0 Å². The summed E-state index contributed by atoms with van der Waals surface area (Å²) in [5.41, 5.74) is 1.08. The molecule has 3 rings (SSSR count). The molecule has 1 aromatic heterocycles. The molecule has 0 spiro atoms. The molecule has 0 radical (unpaired) electrons. The van der Waals surface area contributed by atoms with Crippen molar-refractivity contribution in [2.75, 3.05) is 18.4 Å². The van der Waals surface area contributed by atoms with Gasteiger partial charge in [-0.05, 0) is 43.6 Å². The standard InChI is InChI=1S/C18H21N3O2/c22-18(15-8-11-19-12-9-15)21-17-16(7-4-10-20-17)23-13-14-5-2-1-3-6-14/h1-7,10,15,19H,8-9,11-13H2,(H,20,21,22). The number of amides is 1. The molecule has 1 aliphatic heterocycles. The first-order valence-corrected chi connectivity index (χ1v) is 7.96. The Morgan fingerprint density at radius 3 is 2.74 bits per heavy atom.